The number of rotatable bonds is 18. The van der Waals surface area contributed by atoms with Crippen LogP contribution in [-0.2, 0) is 11.2 Å². The Morgan fingerprint density at radius 1 is 0.634 bits per heavy atom. The van der Waals surface area contributed by atoms with Crippen molar-refractivity contribution in [1.82, 2.24) is 0 Å². The predicted octanol–water partition coefficient (Wildman–Crippen LogP) is 9.21. The first-order valence-electron chi connectivity index (χ1n) is 14.5. The second-order valence-electron chi connectivity index (χ2n) is 10.8. The van der Waals surface area contributed by atoms with Gasteiger partial charge in [0, 0.05) is 16.7 Å². The van der Waals surface area contributed by atoms with Crippen molar-refractivity contribution in [3.8, 4) is 23.0 Å². The molecule has 1 aromatic rings. The first-order valence-corrected chi connectivity index (χ1v) is 14.5. The lowest BCUT2D eigenvalue weighted by Crippen LogP contribution is -2.02. The molecule has 0 aliphatic rings. The lowest BCUT2D eigenvalue weighted by atomic mass is 9.99. The first kappa shape index (κ1) is 35.6. The Bertz CT molecular complexity index is 1160. The van der Waals surface area contributed by atoms with Gasteiger partial charge in [-0.15, -0.1) is 0 Å². The fourth-order valence-corrected chi connectivity index (χ4v) is 4.59. The number of carbonyl (C=O) groups is 1. The number of ether oxygens (including phenoxy) is 3. The zero-order valence-corrected chi connectivity index (χ0v) is 26.8. The van der Waals surface area contributed by atoms with E-state index >= 15 is 0 Å². The summed E-state index contributed by atoms with van der Waals surface area (Å²) in [6, 6.07) is 0. The molecule has 0 saturated carbocycles. The van der Waals surface area contributed by atoms with Crippen molar-refractivity contribution in [3.05, 3.63) is 69.4 Å². The fraction of sp³-hybridized carbons (Fsp3) is 0.514. The van der Waals surface area contributed by atoms with E-state index in [4.69, 9.17) is 19.3 Å². The Hall–Kier alpha value is -3.41. The number of hydrogen-bond donors (Lipinski definition) is 2. The number of hydrogen-bond acceptors (Lipinski definition) is 5. The topological polar surface area (TPSA) is 85.2 Å². The number of phenolic OH excluding ortho intramolecular Hbond substituents is 1. The van der Waals surface area contributed by atoms with E-state index in [1.807, 2.05) is 6.92 Å². The summed E-state index contributed by atoms with van der Waals surface area (Å²) in [5, 5.41) is 19.5. The van der Waals surface area contributed by atoms with E-state index in [1.54, 1.807) is 27.2 Å². The zero-order valence-electron chi connectivity index (χ0n) is 26.8. The standard InChI is InChI=1S/C35H52O6/c1-24(16-11-17-26(3)20-13-21-28(5)35(37)38)14-10-15-25(2)18-12-19-27(4)22-23-30-29(6)31(36)33(40-8)34(41-9)32(30)39-7/h14,17-18,21-22,36H,10-13,15-16,19-20,23H2,1-9H3,(H,37,38). The lowest BCUT2D eigenvalue weighted by Gasteiger charge is -2.19. The maximum atomic E-state index is 10.9. The second-order valence-corrected chi connectivity index (χ2v) is 10.8. The number of carboxylic acid groups (broad SMARTS) is 1. The molecule has 0 aromatic heterocycles. The van der Waals surface area contributed by atoms with Gasteiger partial charge >= 0.3 is 5.97 Å². The maximum absolute atomic E-state index is 10.9. The summed E-state index contributed by atoms with van der Waals surface area (Å²) in [4.78, 5) is 10.9. The van der Waals surface area contributed by atoms with Crippen LogP contribution in [0.5, 0.6) is 23.0 Å². The Morgan fingerprint density at radius 3 is 1.41 bits per heavy atom. The van der Waals surface area contributed by atoms with E-state index < -0.39 is 5.97 Å². The van der Waals surface area contributed by atoms with Crippen molar-refractivity contribution < 1.29 is 29.2 Å². The Labute approximate surface area is 248 Å². The largest absolute Gasteiger partial charge is 0.504 e. The van der Waals surface area contributed by atoms with Gasteiger partial charge in [-0.25, -0.2) is 4.79 Å². The van der Waals surface area contributed by atoms with Crippen LogP contribution in [0.15, 0.2) is 58.2 Å². The van der Waals surface area contributed by atoms with Crippen molar-refractivity contribution in [2.75, 3.05) is 21.3 Å². The van der Waals surface area contributed by atoms with Crippen LogP contribution in [0.4, 0.5) is 0 Å². The number of carboxylic acids is 1. The molecule has 6 nitrogen and oxygen atoms in total. The molecule has 0 atom stereocenters. The highest BCUT2D eigenvalue weighted by Gasteiger charge is 2.23. The Morgan fingerprint density at radius 2 is 1.02 bits per heavy atom. The van der Waals surface area contributed by atoms with E-state index in [1.165, 1.54) is 29.4 Å². The molecule has 0 amide bonds. The summed E-state index contributed by atoms with van der Waals surface area (Å²) in [6.45, 7) is 12.2. The van der Waals surface area contributed by atoms with Crippen LogP contribution >= 0.6 is 0 Å². The smallest absolute Gasteiger partial charge is 0.330 e. The summed E-state index contributed by atoms with van der Waals surface area (Å²) >= 11 is 0. The molecule has 0 spiro atoms. The van der Waals surface area contributed by atoms with Gasteiger partial charge < -0.3 is 24.4 Å². The fourth-order valence-electron chi connectivity index (χ4n) is 4.59. The van der Waals surface area contributed by atoms with Gasteiger partial charge in [-0.2, -0.15) is 0 Å². The Balaban J connectivity index is 2.55. The van der Waals surface area contributed by atoms with E-state index in [9.17, 15) is 9.90 Å². The number of benzene rings is 1. The van der Waals surface area contributed by atoms with Gasteiger partial charge in [-0.3, -0.25) is 0 Å². The van der Waals surface area contributed by atoms with E-state index in [-0.39, 0.29) is 5.75 Å². The van der Waals surface area contributed by atoms with Gasteiger partial charge in [-0.05, 0) is 99.3 Å². The van der Waals surface area contributed by atoms with Gasteiger partial charge in [0.15, 0.2) is 11.5 Å². The molecule has 0 heterocycles. The van der Waals surface area contributed by atoms with Crippen molar-refractivity contribution in [1.29, 1.82) is 0 Å². The summed E-state index contributed by atoms with van der Waals surface area (Å²) in [5.74, 6) is 0.531. The molecule has 0 radical (unpaired) electrons. The molecule has 0 unspecified atom stereocenters. The monoisotopic (exact) mass is 568 g/mol. The van der Waals surface area contributed by atoms with Crippen LogP contribution in [-0.4, -0.2) is 37.5 Å². The molecule has 0 aliphatic carbocycles. The second kappa shape index (κ2) is 18.8. The van der Waals surface area contributed by atoms with Crippen molar-refractivity contribution in [3.63, 3.8) is 0 Å². The van der Waals surface area contributed by atoms with Crippen LogP contribution in [0.2, 0.25) is 0 Å². The number of allylic oxidation sites excluding steroid dienone is 9. The molecule has 0 fully saturated rings. The SMILES string of the molecule is COc1c(O)c(C)c(CC=C(C)CCC=C(C)CCC=C(C)CCC=C(C)CCC=C(C)C(=O)O)c(OC)c1OC. The van der Waals surface area contributed by atoms with Crippen LogP contribution in [0.3, 0.4) is 0 Å². The molecule has 1 aromatic carbocycles. The van der Waals surface area contributed by atoms with Gasteiger partial charge in [0.25, 0.3) is 0 Å². The number of methoxy groups -OCH3 is 3. The van der Waals surface area contributed by atoms with E-state index in [0.717, 1.165) is 62.5 Å². The highest BCUT2D eigenvalue weighted by Crippen LogP contribution is 2.49. The third kappa shape index (κ3) is 12.3. The molecule has 0 saturated heterocycles. The Kier molecular flexibility index (Phi) is 16.4. The highest BCUT2D eigenvalue weighted by atomic mass is 16.5. The normalized spacial score (nSPS) is 13.4. The molecule has 0 bridgehead atoms. The third-order valence-corrected chi connectivity index (χ3v) is 7.40. The molecule has 2 N–H and O–H groups in total. The quantitative estimate of drug-likeness (QED) is 0.136. The molecular formula is C35H52O6. The molecule has 1 rings (SSSR count). The molecule has 228 valence electrons. The minimum Gasteiger partial charge on any atom is -0.504 e. The molecule has 0 aliphatic heterocycles. The molecular weight excluding hydrogens is 516 g/mol. The number of phenols is 1. The van der Waals surface area contributed by atoms with Gasteiger partial charge in [-0.1, -0.05) is 52.7 Å². The van der Waals surface area contributed by atoms with E-state index in [2.05, 4.69) is 52.0 Å². The number of aromatic hydroxyl groups is 1. The summed E-state index contributed by atoms with van der Waals surface area (Å²) in [5.41, 5.74) is 7.46. The third-order valence-electron chi connectivity index (χ3n) is 7.40. The van der Waals surface area contributed by atoms with Crippen LogP contribution in [0.25, 0.3) is 0 Å². The van der Waals surface area contributed by atoms with Crippen LogP contribution < -0.4 is 14.2 Å². The van der Waals surface area contributed by atoms with Crippen molar-refractivity contribution >= 4 is 5.97 Å². The molecule has 41 heavy (non-hydrogen) atoms. The maximum Gasteiger partial charge on any atom is 0.330 e. The zero-order chi connectivity index (χ0) is 30.9. The van der Waals surface area contributed by atoms with Gasteiger partial charge in [0.2, 0.25) is 11.5 Å². The van der Waals surface area contributed by atoms with Crippen LogP contribution in [0.1, 0.15) is 97.1 Å². The van der Waals surface area contributed by atoms with Crippen molar-refractivity contribution in [2.45, 2.75) is 99.3 Å². The minimum atomic E-state index is -0.842. The van der Waals surface area contributed by atoms with Crippen molar-refractivity contribution in [2.24, 2.45) is 0 Å². The van der Waals surface area contributed by atoms with Crippen LogP contribution in [0, 0.1) is 6.92 Å². The molecule has 6 heteroatoms. The summed E-state index contributed by atoms with van der Waals surface area (Å²) < 4.78 is 16.4. The lowest BCUT2D eigenvalue weighted by molar-refractivity contribution is -0.132. The van der Waals surface area contributed by atoms with Gasteiger partial charge in [0.1, 0.15) is 0 Å². The average Bonchev–Trinajstić information content (AvgIpc) is 2.93. The summed E-state index contributed by atoms with van der Waals surface area (Å²) in [7, 11) is 4.65. The van der Waals surface area contributed by atoms with E-state index in [0.29, 0.717) is 29.2 Å². The summed E-state index contributed by atoms with van der Waals surface area (Å²) in [6.07, 6.45) is 19.4. The first-order chi connectivity index (χ1) is 19.5. The minimum absolute atomic E-state index is 0.0818. The van der Waals surface area contributed by atoms with Gasteiger partial charge in [0.05, 0.1) is 21.3 Å². The predicted molar refractivity (Wildman–Crippen MR) is 170 cm³/mol. The highest BCUT2D eigenvalue weighted by molar-refractivity contribution is 5.85. The average molecular weight is 569 g/mol. The number of aliphatic carboxylic acids is 1.